The maximum atomic E-state index is 11.2. The quantitative estimate of drug-likeness (QED) is 0.652. The fraction of sp³-hybridized carbons (Fsp3) is 0.400. The molecule has 0 unspecified atom stereocenters. The first-order valence-electron chi connectivity index (χ1n) is 5.20. The van der Waals surface area contributed by atoms with E-state index < -0.39 is 6.09 Å². The summed E-state index contributed by atoms with van der Waals surface area (Å²) in [4.78, 5) is 19.0. The zero-order chi connectivity index (χ0) is 13.4. The van der Waals surface area contributed by atoms with E-state index in [1.807, 2.05) is 13.0 Å². The van der Waals surface area contributed by atoms with Crippen LogP contribution >= 0.6 is 11.3 Å². The molecule has 0 aliphatic rings. The van der Waals surface area contributed by atoms with Gasteiger partial charge in [0.1, 0.15) is 6.07 Å². The lowest BCUT2D eigenvalue weighted by molar-refractivity contribution is 0.168. The lowest BCUT2D eigenvalue weighted by Gasteiger charge is -1.99. The van der Waals surface area contributed by atoms with Crippen molar-refractivity contribution in [1.82, 2.24) is 4.98 Å². The Hall–Kier alpha value is -2.14. The number of amides is 1. The van der Waals surface area contributed by atoms with Crippen molar-refractivity contribution in [3.63, 3.8) is 0 Å². The second-order valence-corrected chi connectivity index (χ2v) is 3.80. The Labute approximate surface area is 108 Å². The third-order valence-corrected chi connectivity index (χ3v) is 2.49. The number of carbonyl (C=O) groups is 1. The van der Waals surface area contributed by atoms with Gasteiger partial charge in [-0.25, -0.2) is 14.8 Å². The summed E-state index contributed by atoms with van der Waals surface area (Å²) in [7, 11) is 0. The number of nitriles is 1. The van der Waals surface area contributed by atoms with E-state index in [0.29, 0.717) is 11.6 Å². The number of thiazole rings is 1. The summed E-state index contributed by atoms with van der Waals surface area (Å²) in [6.45, 7) is 4.26. The van der Waals surface area contributed by atoms with Gasteiger partial charge in [0, 0.05) is 0 Å². The molecular weight excluding hydrogens is 256 g/mol. The average molecular weight is 268 g/mol. The molecule has 0 spiro atoms. The predicted molar refractivity (Wildman–Crippen MR) is 67.3 cm³/mol. The molecule has 0 bridgehead atoms. The van der Waals surface area contributed by atoms with Crippen LogP contribution < -0.4 is 5.32 Å². The summed E-state index contributed by atoms with van der Waals surface area (Å²) in [5.74, 6) is 0. The Morgan fingerprint density at radius 3 is 3.00 bits per heavy atom. The summed E-state index contributed by atoms with van der Waals surface area (Å²) in [5.41, 5.74) is 0.128. The molecule has 8 heteroatoms. The Bertz CT molecular complexity index is 478. The fourth-order valence-electron chi connectivity index (χ4n) is 0.940. The highest BCUT2D eigenvalue weighted by molar-refractivity contribution is 7.19. The summed E-state index contributed by atoms with van der Waals surface area (Å²) in [5, 5.41) is 11.9. The van der Waals surface area contributed by atoms with E-state index in [1.54, 1.807) is 6.92 Å². The van der Waals surface area contributed by atoms with Gasteiger partial charge >= 0.3 is 6.09 Å². The number of aromatic nitrogens is 1. The van der Waals surface area contributed by atoms with E-state index in [2.05, 4.69) is 15.3 Å². The molecule has 96 valence electrons. The standard InChI is InChI=1S/C10H12N4O3S/c1-3-16-6-12-8-7(5-11)13-9(18-8)14-10(15)17-4-2/h6H,3-4H2,1-2H3,(H,13,14,15)/b12-6+. The topological polar surface area (TPSA) is 96.6 Å². The Morgan fingerprint density at radius 2 is 2.39 bits per heavy atom. The van der Waals surface area contributed by atoms with Crippen LogP contribution in [0.3, 0.4) is 0 Å². The van der Waals surface area contributed by atoms with Crippen molar-refractivity contribution in [2.75, 3.05) is 18.5 Å². The van der Waals surface area contributed by atoms with Gasteiger partial charge in [-0.1, -0.05) is 11.3 Å². The van der Waals surface area contributed by atoms with Gasteiger partial charge in [0.15, 0.2) is 22.2 Å². The van der Waals surface area contributed by atoms with E-state index in [1.165, 1.54) is 6.40 Å². The van der Waals surface area contributed by atoms with Crippen LogP contribution in [-0.2, 0) is 9.47 Å². The van der Waals surface area contributed by atoms with Crippen molar-refractivity contribution < 1.29 is 14.3 Å². The highest BCUT2D eigenvalue weighted by Gasteiger charge is 2.12. The van der Waals surface area contributed by atoms with E-state index in [9.17, 15) is 4.79 Å². The van der Waals surface area contributed by atoms with Crippen molar-refractivity contribution in [3.05, 3.63) is 5.69 Å². The highest BCUT2D eigenvalue weighted by atomic mass is 32.1. The van der Waals surface area contributed by atoms with Crippen LogP contribution in [0, 0.1) is 11.3 Å². The minimum atomic E-state index is -0.615. The van der Waals surface area contributed by atoms with Crippen molar-refractivity contribution in [3.8, 4) is 6.07 Å². The molecule has 0 saturated heterocycles. The maximum Gasteiger partial charge on any atom is 0.413 e. The number of hydrogen-bond donors (Lipinski definition) is 1. The molecule has 1 aromatic rings. The largest absolute Gasteiger partial charge is 0.483 e. The molecule has 0 aromatic carbocycles. The Morgan fingerprint density at radius 1 is 1.61 bits per heavy atom. The number of hydrogen-bond acceptors (Lipinski definition) is 7. The van der Waals surface area contributed by atoms with Crippen molar-refractivity contribution in [2.24, 2.45) is 4.99 Å². The van der Waals surface area contributed by atoms with Crippen LogP contribution in [0.2, 0.25) is 0 Å². The number of ether oxygens (including phenoxy) is 2. The number of nitrogens with zero attached hydrogens (tertiary/aromatic N) is 3. The molecule has 0 radical (unpaired) electrons. The summed E-state index contributed by atoms with van der Waals surface area (Å²) in [6.07, 6.45) is 0.624. The van der Waals surface area contributed by atoms with Crippen molar-refractivity contribution in [1.29, 1.82) is 5.26 Å². The van der Waals surface area contributed by atoms with Gasteiger partial charge < -0.3 is 9.47 Å². The Kier molecular flexibility index (Phi) is 5.60. The number of carbonyl (C=O) groups excluding carboxylic acids is 1. The van der Waals surface area contributed by atoms with Gasteiger partial charge in [-0.3, -0.25) is 5.32 Å². The van der Waals surface area contributed by atoms with Crippen LogP contribution in [0.15, 0.2) is 4.99 Å². The molecule has 1 rings (SSSR count). The van der Waals surface area contributed by atoms with E-state index in [0.717, 1.165) is 11.3 Å². The van der Waals surface area contributed by atoms with E-state index in [4.69, 9.17) is 14.7 Å². The molecule has 0 aliphatic heterocycles. The third kappa shape index (κ3) is 4.03. The third-order valence-electron chi connectivity index (χ3n) is 1.61. The number of nitrogens with one attached hydrogen (secondary N) is 1. The second kappa shape index (κ2) is 7.24. The van der Waals surface area contributed by atoms with Gasteiger partial charge in [0.05, 0.1) is 13.2 Å². The molecule has 0 atom stereocenters. The molecule has 1 amide bonds. The Balaban J connectivity index is 2.78. The smallest absolute Gasteiger partial charge is 0.413 e. The summed E-state index contributed by atoms with van der Waals surface area (Å²) >= 11 is 1.07. The minimum Gasteiger partial charge on any atom is -0.483 e. The van der Waals surface area contributed by atoms with Crippen LogP contribution in [0.4, 0.5) is 14.9 Å². The second-order valence-electron chi connectivity index (χ2n) is 2.82. The number of aliphatic imine (C=N–C) groups is 1. The zero-order valence-electron chi connectivity index (χ0n) is 9.97. The lowest BCUT2D eigenvalue weighted by Crippen LogP contribution is -2.12. The van der Waals surface area contributed by atoms with E-state index >= 15 is 0 Å². The molecule has 18 heavy (non-hydrogen) atoms. The number of rotatable bonds is 5. The summed E-state index contributed by atoms with van der Waals surface area (Å²) in [6, 6.07) is 1.89. The molecule has 7 nitrogen and oxygen atoms in total. The average Bonchev–Trinajstić information content (AvgIpc) is 2.72. The zero-order valence-corrected chi connectivity index (χ0v) is 10.8. The SMILES string of the molecule is CCO/C=N/c1sc(NC(=O)OCC)nc1C#N. The van der Waals surface area contributed by atoms with Gasteiger partial charge in [-0.15, -0.1) is 0 Å². The van der Waals surface area contributed by atoms with Crippen molar-refractivity contribution in [2.45, 2.75) is 13.8 Å². The molecule has 0 fully saturated rings. The van der Waals surface area contributed by atoms with Gasteiger partial charge in [-0.05, 0) is 13.8 Å². The van der Waals surface area contributed by atoms with Gasteiger partial charge in [-0.2, -0.15) is 5.26 Å². The van der Waals surface area contributed by atoms with Crippen molar-refractivity contribution >= 4 is 34.0 Å². The first kappa shape index (κ1) is 13.9. The first-order chi connectivity index (χ1) is 8.71. The van der Waals surface area contributed by atoms with Gasteiger partial charge in [0.2, 0.25) is 0 Å². The monoisotopic (exact) mass is 268 g/mol. The van der Waals surface area contributed by atoms with Crippen LogP contribution in [0.1, 0.15) is 19.5 Å². The fourth-order valence-corrected chi connectivity index (χ4v) is 1.68. The molecule has 0 aliphatic carbocycles. The highest BCUT2D eigenvalue weighted by Crippen LogP contribution is 2.30. The maximum absolute atomic E-state index is 11.2. The van der Waals surface area contributed by atoms with Crippen LogP contribution in [0.5, 0.6) is 0 Å². The molecule has 1 aromatic heterocycles. The van der Waals surface area contributed by atoms with Gasteiger partial charge in [0.25, 0.3) is 0 Å². The normalized spacial score (nSPS) is 10.1. The van der Waals surface area contributed by atoms with E-state index in [-0.39, 0.29) is 17.4 Å². The first-order valence-corrected chi connectivity index (χ1v) is 6.01. The molecule has 0 saturated carbocycles. The molecule has 1 N–H and O–H groups in total. The van der Waals surface area contributed by atoms with Crippen LogP contribution in [0.25, 0.3) is 0 Å². The lowest BCUT2D eigenvalue weighted by atomic mass is 10.5. The number of anilines is 1. The summed E-state index contributed by atoms with van der Waals surface area (Å²) < 4.78 is 9.63. The molecule has 1 heterocycles. The molecular formula is C10H12N4O3S. The predicted octanol–water partition coefficient (Wildman–Crippen LogP) is 2.28. The van der Waals surface area contributed by atoms with Crippen LogP contribution in [-0.4, -0.2) is 30.7 Å². The minimum absolute atomic E-state index is 0.128.